The van der Waals surface area contributed by atoms with E-state index in [1.54, 1.807) is 0 Å². The van der Waals surface area contributed by atoms with Crippen LogP contribution in [0.5, 0.6) is 0 Å². The molecule has 1 amide bonds. The van der Waals surface area contributed by atoms with Gasteiger partial charge >= 0.3 is 0 Å². The molecular formula is C11H11NO. The highest BCUT2D eigenvalue weighted by Gasteiger charge is 2.17. The summed E-state index contributed by atoms with van der Waals surface area (Å²) in [6, 6.07) is 5.96. The molecule has 1 aromatic rings. The minimum atomic E-state index is 0.0777. The summed E-state index contributed by atoms with van der Waals surface area (Å²) < 4.78 is 0. The Balaban J connectivity index is 2.45. The SMILES string of the molecule is C=C(C)c1ccc2c(c1)NC(=O)C2. The Kier molecular flexibility index (Phi) is 1.69. The molecule has 0 saturated heterocycles. The fourth-order valence-corrected chi connectivity index (χ4v) is 1.48. The molecule has 0 bridgehead atoms. The lowest BCUT2D eigenvalue weighted by Crippen LogP contribution is -2.03. The van der Waals surface area contributed by atoms with E-state index in [0.29, 0.717) is 6.42 Å². The number of benzene rings is 1. The molecule has 1 aliphatic rings. The van der Waals surface area contributed by atoms with Crippen LogP contribution < -0.4 is 5.32 Å². The van der Waals surface area contributed by atoms with E-state index in [9.17, 15) is 4.79 Å². The molecule has 2 heteroatoms. The number of nitrogens with one attached hydrogen (secondary N) is 1. The van der Waals surface area contributed by atoms with Gasteiger partial charge in [0.05, 0.1) is 6.42 Å². The van der Waals surface area contributed by atoms with E-state index < -0.39 is 0 Å². The van der Waals surface area contributed by atoms with Gasteiger partial charge in [-0.15, -0.1) is 0 Å². The van der Waals surface area contributed by atoms with Crippen LogP contribution in [-0.4, -0.2) is 5.91 Å². The first-order chi connectivity index (χ1) is 6.16. The number of fused-ring (bicyclic) bond motifs is 1. The molecule has 66 valence electrons. The second-order valence-corrected chi connectivity index (χ2v) is 3.38. The average molecular weight is 173 g/mol. The Morgan fingerprint density at radius 1 is 1.54 bits per heavy atom. The standard InChI is InChI=1S/C11H11NO/c1-7(2)8-3-4-9-6-11(13)12-10(9)5-8/h3-5H,1,6H2,2H3,(H,12,13). The Labute approximate surface area is 77.3 Å². The molecule has 2 rings (SSSR count). The molecule has 1 aromatic carbocycles. The maximum absolute atomic E-state index is 11.0. The van der Waals surface area contributed by atoms with Crippen LogP contribution in [0.15, 0.2) is 24.8 Å². The highest BCUT2D eigenvalue weighted by Crippen LogP contribution is 2.26. The molecule has 0 aliphatic carbocycles. The Hall–Kier alpha value is -1.57. The first-order valence-electron chi connectivity index (χ1n) is 4.25. The maximum atomic E-state index is 11.0. The van der Waals surface area contributed by atoms with Crippen LogP contribution >= 0.6 is 0 Å². The zero-order valence-corrected chi connectivity index (χ0v) is 7.55. The third-order valence-electron chi connectivity index (χ3n) is 2.23. The number of anilines is 1. The van der Waals surface area contributed by atoms with Crippen LogP contribution in [0.2, 0.25) is 0 Å². The van der Waals surface area contributed by atoms with Crippen molar-refractivity contribution < 1.29 is 4.79 Å². The number of amides is 1. The Morgan fingerprint density at radius 3 is 3.00 bits per heavy atom. The highest BCUT2D eigenvalue weighted by atomic mass is 16.1. The van der Waals surface area contributed by atoms with Gasteiger partial charge in [-0.3, -0.25) is 4.79 Å². The van der Waals surface area contributed by atoms with Gasteiger partial charge in [-0.25, -0.2) is 0 Å². The van der Waals surface area contributed by atoms with E-state index in [2.05, 4.69) is 11.9 Å². The summed E-state index contributed by atoms with van der Waals surface area (Å²) in [6.45, 7) is 5.81. The molecule has 0 spiro atoms. The minimum Gasteiger partial charge on any atom is -0.326 e. The van der Waals surface area contributed by atoms with Gasteiger partial charge in [0.15, 0.2) is 0 Å². The van der Waals surface area contributed by atoms with Crippen LogP contribution in [0.1, 0.15) is 18.1 Å². The topological polar surface area (TPSA) is 29.1 Å². The summed E-state index contributed by atoms with van der Waals surface area (Å²) in [5.41, 5.74) is 4.12. The Morgan fingerprint density at radius 2 is 2.31 bits per heavy atom. The van der Waals surface area contributed by atoms with Crippen molar-refractivity contribution in [1.29, 1.82) is 0 Å². The van der Waals surface area contributed by atoms with Crippen molar-refractivity contribution in [3.8, 4) is 0 Å². The van der Waals surface area contributed by atoms with Crippen molar-refractivity contribution in [2.24, 2.45) is 0 Å². The van der Waals surface area contributed by atoms with E-state index in [0.717, 1.165) is 22.4 Å². The van der Waals surface area contributed by atoms with Crippen LogP contribution in [0.4, 0.5) is 5.69 Å². The quantitative estimate of drug-likeness (QED) is 0.693. The fraction of sp³-hybridized carbons (Fsp3) is 0.182. The second-order valence-electron chi connectivity index (χ2n) is 3.38. The number of hydrogen-bond acceptors (Lipinski definition) is 1. The predicted octanol–water partition coefficient (Wildman–Crippen LogP) is 2.21. The number of carbonyl (C=O) groups excluding carboxylic acids is 1. The number of carbonyl (C=O) groups is 1. The third-order valence-corrected chi connectivity index (χ3v) is 2.23. The van der Waals surface area contributed by atoms with Gasteiger partial charge in [-0.05, 0) is 24.1 Å². The average Bonchev–Trinajstić information content (AvgIpc) is 2.42. The molecule has 1 aliphatic heterocycles. The van der Waals surface area contributed by atoms with E-state index in [-0.39, 0.29) is 5.91 Å². The molecule has 0 radical (unpaired) electrons. The summed E-state index contributed by atoms with van der Waals surface area (Å²) in [5.74, 6) is 0.0777. The van der Waals surface area contributed by atoms with E-state index in [4.69, 9.17) is 0 Å². The first kappa shape index (κ1) is 8.05. The van der Waals surface area contributed by atoms with Crippen LogP contribution in [-0.2, 0) is 11.2 Å². The summed E-state index contributed by atoms with van der Waals surface area (Å²) in [6.07, 6.45) is 0.506. The van der Waals surface area contributed by atoms with Gasteiger partial charge in [0.25, 0.3) is 0 Å². The van der Waals surface area contributed by atoms with Gasteiger partial charge in [-0.1, -0.05) is 24.3 Å². The first-order valence-corrected chi connectivity index (χ1v) is 4.25. The fourth-order valence-electron chi connectivity index (χ4n) is 1.48. The van der Waals surface area contributed by atoms with Crippen molar-refractivity contribution in [1.82, 2.24) is 0 Å². The van der Waals surface area contributed by atoms with Gasteiger partial charge in [0, 0.05) is 5.69 Å². The molecule has 1 heterocycles. The Bertz CT molecular complexity index is 393. The molecule has 13 heavy (non-hydrogen) atoms. The normalized spacial score (nSPS) is 13.8. The monoisotopic (exact) mass is 173 g/mol. The van der Waals surface area contributed by atoms with Crippen LogP contribution in [0, 0.1) is 0 Å². The molecule has 2 nitrogen and oxygen atoms in total. The summed E-state index contributed by atoms with van der Waals surface area (Å²) in [5, 5.41) is 2.81. The van der Waals surface area contributed by atoms with E-state index >= 15 is 0 Å². The van der Waals surface area contributed by atoms with Crippen LogP contribution in [0.25, 0.3) is 5.57 Å². The van der Waals surface area contributed by atoms with Gasteiger partial charge in [0.2, 0.25) is 5.91 Å². The van der Waals surface area contributed by atoms with E-state index in [1.165, 1.54) is 0 Å². The number of allylic oxidation sites excluding steroid dienone is 1. The van der Waals surface area contributed by atoms with Gasteiger partial charge in [-0.2, -0.15) is 0 Å². The maximum Gasteiger partial charge on any atom is 0.228 e. The third kappa shape index (κ3) is 1.35. The van der Waals surface area contributed by atoms with Crippen LogP contribution in [0.3, 0.4) is 0 Å². The molecular weight excluding hydrogens is 162 g/mol. The minimum absolute atomic E-state index is 0.0777. The molecule has 0 atom stereocenters. The lowest BCUT2D eigenvalue weighted by molar-refractivity contribution is -0.115. The van der Waals surface area contributed by atoms with Gasteiger partial charge < -0.3 is 5.32 Å². The number of hydrogen-bond donors (Lipinski definition) is 1. The van der Waals surface area contributed by atoms with Gasteiger partial charge in [0.1, 0.15) is 0 Å². The largest absolute Gasteiger partial charge is 0.326 e. The lowest BCUT2D eigenvalue weighted by Gasteiger charge is -2.02. The summed E-state index contributed by atoms with van der Waals surface area (Å²) >= 11 is 0. The summed E-state index contributed by atoms with van der Waals surface area (Å²) in [4.78, 5) is 11.0. The number of rotatable bonds is 1. The van der Waals surface area contributed by atoms with Crippen molar-refractivity contribution in [2.75, 3.05) is 5.32 Å². The van der Waals surface area contributed by atoms with E-state index in [1.807, 2.05) is 25.1 Å². The van der Waals surface area contributed by atoms with Crippen molar-refractivity contribution >= 4 is 17.2 Å². The summed E-state index contributed by atoms with van der Waals surface area (Å²) in [7, 11) is 0. The lowest BCUT2D eigenvalue weighted by atomic mass is 10.1. The molecule has 0 fully saturated rings. The molecule has 0 aromatic heterocycles. The molecule has 1 N–H and O–H groups in total. The van der Waals surface area contributed by atoms with Crippen molar-refractivity contribution in [3.05, 3.63) is 35.9 Å². The predicted molar refractivity (Wildman–Crippen MR) is 53.5 cm³/mol. The smallest absolute Gasteiger partial charge is 0.228 e. The van der Waals surface area contributed by atoms with Crippen molar-refractivity contribution in [2.45, 2.75) is 13.3 Å². The molecule has 0 saturated carbocycles. The van der Waals surface area contributed by atoms with Crippen molar-refractivity contribution in [3.63, 3.8) is 0 Å². The zero-order valence-electron chi connectivity index (χ0n) is 7.55. The zero-order chi connectivity index (χ0) is 9.42. The molecule has 0 unspecified atom stereocenters. The second kappa shape index (κ2) is 2.73. The highest BCUT2D eigenvalue weighted by molar-refractivity contribution is 5.99.